The Kier molecular flexibility index (Phi) is 5.82. The molecule has 0 atom stereocenters. The number of pyridine rings is 1. The summed E-state index contributed by atoms with van der Waals surface area (Å²) in [5.74, 6) is 0.570. The molecule has 0 amide bonds. The Morgan fingerprint density at radius 2 is 2.19 bits per heavy atom. The van der Waals surface area contributed by atoms with Crippen LogP contribution in [0.5, 0.6) is 0 Å². The van der Waals surface area contributed by atoms with Crippen molar-refractivity contribution >= 4 is 5.82 Å². The monoisotopic (exact) mass is 223 g/mol. The van der Waals surface area contributed by atoms with Gasteiger partial charge in [-0.3, -0.25) is 4.90 Å². The molecule has 0 saturated carbocycles. The summed E-state index contributed by atoms with van der Waals surface area (Å²) in [6.07, 6.45) is 1.83. The molecule has 1 aromatic rings. The van der Waals surface area contributed by atoms with Gasteiger partial charge in [0, 0.05) is 25.9 Å². The molecule has 1 aromatic heterocycles. The summed E-state index contributed by atoms with van der Waals surface area (Å²) < 4.78 is 5.35. The Morgan fingerprint density at radius 1 is 1.38 bits per heavy atom. The highest BCUT2D eigenvalue weighted by atomic mass is 16.5. The van der Waals surface area contributed by atoms with E-state index in [1.54, 1.807) is 0 Å². The third-order valence-electron chi connectivity index (χ3n) is 2.46. The number of nitrogens with zero attached hydrogens (tertiary/aromatic N) is 2. The van der Waals surface area contributed by atoms with Crippen molar-refractivity contribution in [3.8, 4) is 0 Å². The van der Waals surface area contributed by atoms with Gasteiger partial charge in [-0.2, -0.15) is 0 Å². The smallest absolute Gasteiger partial charge is 0.123 e. The number of nitrogens with two attached hydrogens (primary N) is 1. The molecule has 4 heteroatoms. The fourth-order valence-electron chi connectivity index (χ4n) is 1.47. The van der Waals surface area contributed by atoms with Crippen molar-refractivity contribution in [3.05, 3.63) is 23.9 Å². The van der Waals surface area contributed by atoms with Gasteiger partial charge in [0.15, 0.2) is 0 Å². The van der Waals surface area contributed by atoms with E-state index in [1.807, 2.05) is 25.3 Å². The molecule has 2 N–H and O–H groups in total. The maximum Gasteiger partial charge on any atom is 0.123 e. The van der Waals surface area contributed by atoms with Gasteiger partial charge in [0.05, 0.1) is 6.61 Å². The summed E-state index contributed by atoms with van der Waals surface area (Å²) in [6.45, 7) is 8.59. The number of rotatable bonds is 7. The number of anilines is 1. The summed E-state index contributed by atoms with van der Waals surface area (Å²) in [6, 6.07) is 3.86. The SMILES string of the molecule is CCOCCN(CC)Cc1ccc(N)nc1. The fourth-order valence-corrected chi connectivity index (χ4v) is 1.47. The average Bonchev–Trinajstić information content (AvgIpc) is 2.31. The van der Waals surface area contributed by atoms with Gasteiger partial charge >= 0.3 is 0 Å². The van der Waals surface area contributed by atoms with Crippen LogP contribution < -0.4 is 5.73 Å². The maximum atomic E-state index is 5.54. The first-order valence-corrected chi connectivity index (χ1v) is 5.76. The summed E-state index contributed by atoms with van der Waals surface area (Å²) in [7, 11) is 0. The number of likely N-dealkylation sites (N-methyl/N-ethyl adjacent to an activating group) is 1. The quantitative estimate of drug-likeness (QED) is 0.712. The van der Waals surface area contributed by atoms with E-state index in [4.69, 9.17) is 10.5 Å². The zero-order valence-corrected chi connectivity index (χ0v) is 10.1. The van der Waals surface area contributed by atoms with Gasteiger partial charge in [-0.15, -0.1) is 0 Å². The van der Waals surface area contributed by atoms with E-state index in [0.29, 0.717) is 5.82 Å². The van der Waals surface area contributed by atoms with Crippen LogP contribution in [-0.4, -0.2) is 36.2 Å². The van der Waals surface area contributed by atoms with Gasteiger partial charge in [0.1, 0.15) is 5.82 Å². The third kappa shape index (κ3) is 4.59. The van der Waals surface area contributed by atoms with Crippen molar-refractivity contribution in [2.45, 2.75) is 20.4 Å². The average molecular weight is 223 g/mol. The van der Waals surface area contributed by atoms with Crippen molar-refractivity contribution in [3.63, 3.8) is 0 Å². The third-order valence-corrected chi connectivity index (χ3v) is 2.46. The van der Waals surface area contributed by atoms with E-state index in [9.17, 15) is 0 Å². The number of nitrogen functional groups attached to an aromatic ring is 1. The van der Waals surface area contributed by atoms with Crippen LogP contribution in [0.1, 0.15) is 19.4 Å². The minimum atomic E-state index is 0.570. The lowest BCUT2D eigenvalue weighted by atomic mass is 10.2. The Morgan fingerprint density at radius 3 is 2.75 bits per heavy atom. The topological polar surface area (TPSA) is 51.4 Å². The van der Waals surface area contributed by atoms with Crippen LogP contribution in [0.15, 0.2) is 18.3 Å². The van der Waals surface area contributed by atoms with Crippen LogP contribution in [0.2, 0.25) is 0 Å². The van der Waals surface area contributed by atoms with Crippen LogP contribution in [0.3, 0.4) is 0 Å². The van der Waals surface area contributed by atoms with Crippen LogP contribution in [0.4, 0.5) is 5.82 Å². The Balaban J connectivity index is 2.40. The molecular formula is C12H21N3O. The summed E-state index contributed by atoms with van der Waals surface area (Å²) in [5, 5.41) is 0. The predicted octanol–water partition coefficient (Wildman–Crippen LogP) is 1.52. The number of aromatic nitrogens is 1. The normalized spacial score (nSPS) is 10.9. The van der Waals surface area contributed by atoms with Crippen LogP contribution in [0, 0.1) is 0 Å². The minimum Gasteiger partial charge on any atom is -0.384 e. The lowest BCUT2D eigenvalue weighted by molar-refractivity contribution is 0.113. The van der Waals surface area contributed by atoms with Crippen molar-refractivity contribution < 1.29 is 4.74 Å². The highest BCUT2D eigenvalue weighted by molar-refractivity contribution is 5.29. The van der Waals surface area contributed by atoms with Crippen molar-refractivity contribution in [2.24, 2.45) is 0 Å². The first-order chi connectivity index (χ1) is 7.76. The Hall–Kier alpha value is -1.13. The lowest BCUT2D eigenvalue weighted by Crippen LogP contribution is -2.27. The van der Waals surface area contributed by atoms with E-state index >= 15 is 0 Å². The van der Waals surface area contributed by atoms with Crippen LogP contribution in [-0.2, 0) is 11.3 Å². The van der Waals surface area contributed by atoms with Crippen molar-refractivity contribution in [1.82, 2.24) is 9.88 Å². The fraction of sp³-hybridized carbons (Fsp3) is 0.583. The first-order valence-electron chi connectivity index (χ1n) is 5.76. The zero-order chi connectivity index (χ0) is 11.8. The molecule has 0 aromatic carbocycles. The molecule has 90 valence electrons. The molecular weight excluding hydrogens is 202 g/mol. The zero-order valence-electron chi connectivity index (χ0n) is 10.1. The van der Waals surface area contributed by atoms with E-state index < -0.39 is 0 Å². The molecule has 0 unspecified atom stereocenters. The van der Waals surface area contributed by atoms with Crippen LogP contribution >= 0.6 is 0 Å². The summed E-state index contributed by atoms with van der Waals surface area (Å²) in [4.78, 5) is 6.41. The van der Waals surface area contributed by atoms with Gasteiger partial charge in [-0.1, -0.05) is 13.0 Å². The highest BCUT2D eigenvalue weighted by Crippen LogP contribution is 2.05. The molecule has 0 spiro atoms. The van der Waals surface area contributed by atoms with E-state index in [0.717, 1.165) is 32.8 Å². The minimum absolute atomic E-state index is 0.570. The molecule has 0 radical (unpaired) electrons. The molecule has 1 heterocycles. The Labute approximate surface area is 97.4 Å². The first kappa shape index (κ1) is 12.9. The Bertz CT molecular complexity index is 287. The standard InChI is InChI=1S/C12H21N3O/c1-3-15(7-8-16-4-2)10-11-5-6-12(13)14-9-11/h5-6,9H,3-4,7-8,10H2,1-2H3,(H2,13,14). The van der Waals surface area contributed by atoms with Gasteiger partial charge < -0.3 is 10.5 Å². The summed E-state index contributed by atoms with van der Waals surface area (Å²) >= 11 is 0. The van der Waals surface area contributed by atoms with Gasteiger partial charge in [-0.05, 0) is 25.1 Å². The van der Waals surface area contributed by atoms with Crippen LogP contribution in [0.25, 0.3) is 0 Å². The molecule has 1 rings (SSSR count). The lowest BCUT2D eigenvalue weighted by Gasteiger charge is -2.20. The van der Waals surface area contributed by atoms with E-state index in [1.165, 1.54) is 5.56 Å². The van der Waals surface area contributed by atoms with E-state index in [-0.39, 0.29) is 0 Å². The van der Waals surface area contributed by atoms with Gasteiger partial charge in [0.2, 0.25) is 0 Å². The molecule has 0 aliphatic carbocycles. The predicted molar refractivity (Wildman–Crippen MR) is 66.1 cm³/mol. The molecule has 4 nitrogen and oxygen atoms in total. The number of ether oxygens (including phenoxy) is 1. The molecule has 0 bridgehead atoms. The van der Waals surface area contributed by atoms with Crippen molar-refractivity contribution in [2.75, 3.05) is 32.0 Å². The molecule has 0 aliphatic rings. The molecule has 16 heavy (non-hydrogen) atoms. The maximum absolute atomic E-state index is 5.54. The number of hydrogen-bond donors (Lipinski definition) is 1. The van der Waals surface area contributed by atoms with Gasteiger partial charge in [-0.25, -0.2) is 4.98 Å². The van der Waals surface area contributed by atoms with Gasteiger partial charge in [0.25, 0.3) is 0 Å². The summed E-state index contributed by atoms with van der Waals surface area (Å²) in [5.41, 5.74) is 6.73. The second kappa shape index (κ2) is 7.19. The highest BCUT2D eigenvalue weighted by Gasteiger charge is 2.03. The molecule has 0 aliphatic heterocycles. The second-order valence-corrected chi connectivity index (χ2v) is 3.66. The second-order valence-electron chi connectivity index (χ2n) is 3.66. The molecule has 0 saturated heterocycles. The van der Waals surface area contributed by atoms with Crippen molar-refractivity contribution in [1.29, 1.82) is 0 Å². The largest absolute Gasteiger partial charge is 0.384 e. The number of hydrogen-bond acceptors (Lipinski definition) is 4. The van der Waals surface area contributed by atoms with E-state index in [2.05, 4.69) is 16.8 Å². The molecule has 0 fully saturated rings.